The molecule has 3 aromatic rings. The van der Waals surface area contributed by atoms with Crippen LogP contribution in [0.1, 0.15) is 29.5 Å². The zero-order chi connectivity index (χ0) is 17.7. The summed E-state index contributed by atoms with van der Waals surface area (Å²) in [7, 11) is 0. The van der Waals surface area contributed by atoms with E-state index in [1.807, 2.05) is 49.4 Å². The highest BCUT2D eigenvalue weighted by atomic mass is 127. The third-order valence-corrected chi connectivity index (χ3v) is 4.95. The molecule has 2 nitrogen and oxygen atoms in total. The summed E-state index contributed by atoms with van der Waals surface area (Å²) in [5, 5.41) is 0. The molecule has 128 valence electrons. The van der Waals surface area contributed by atoms with E-state index in [-0.39, 0.29) is 5.92 Å². The van der Waals surface area contributed by atoms with Crippen LogP contribution in [-0.2, 0) is 11.3 Å². The zero-order valence-electron chi connectivity index (χ0n) is 14.2. The van der Waals surface area contributed by atoms with Gasteiger partial charge in [-0.2, -0.15) is 0 Å². The molecule has 0 saturated carbocycles. The summed E-state index contributed by atoms with van der Waals surface area (Å²) in [6.07, 6.45) is 0. The van der Waals surface area contributed by atoms with Crippen LogP contribution in [0.4, 0.5) is 0 Å². The van der Waals surface area contributed by atoms with E-state index in [0.717, 1.165) is 16.7 Å². The van der Waals surface area contributed by atoms with Gasteiger partial charge in [-0.25, -0.2) is 0 Å². The van der Waals surface area contributed by atoms with Gasteiger partial charge < -0.3 is 10.5 Å². The average molecular weight is 443 g/mol. The second-order valence-electron chi connectivity index (χ2n) is 6.36. The van der Waals surface area contributed by atoms with E-state index in [0.29, 0.717) is 6.61 Å². The van der Waals surface area contributed by atoms with Gasteiger partial charge in [-0.1, -0.05) is 72.8 Å². The Bertz CT molecular complexity index is 763. The van der Waals surface area contributed by atoms with Crippen molar-refractivity contribution in [2.75, 3.05) is 0 Å². The van der Waals surface area contributed by atoms with Crippen molar-refractivity contribution in [1.29, 1.82) is 0 Å². The minimum atomic E-state index is -0.829. The van der Waals surface area contributed by atoms with Crippen molar-refractivity contribution in [3.8, 4) is 0 Å². The predicted octanol–water partition coefficient (Wildman–Crippen LogP) is 5.31. The van der Waals surface area contributed by atoms with Gasteiger partial charge in [-0.3, -0.25) is 0 Å². The minimum absolute atomic E-state index is 0.0438. The normalized spacial score (nSPS) is 13.6. The molecule has 0 aromatic heterocycles. The molecule has 3 heteroatoms. The van der Waals surface area contributed by atoms with Gasteiger partial charge in [0.05, 0.1) is 12.5 Å². The molecule has 0 amide bonds. The fourth-order valence-electron chi connectivity index (χ4n) is 3.09. The molecule has 0 fully saturated rings. The van der Waals surface area contributed by atoms with E-state index < -0.39 is 5.72 Å². The quantitative estimate of drug-likeness (QED) is 0.414. The molecule has 0 heterocycles. The summed E-state index contributed by atoms with van der Waals surface area (Å²) >= 11 is 2.31. The summed E-state index contributed by atoms with van der Waals surface area (Å²) in [6, 6.07) is 28.9. The van der Waals surface area contributed by atoms with Crippen molar-refractivity contribution in [3.63, 3.8) is 0 Å². The van der Waals surface area contributed by atoms with E-state index in [2.05, 4.69) is 65.1 Å². The first kappa shape index (κ1) is 18.1. The molecule has 0 aliphatic carbocycles. The zero-order valence-corrected chi connectivity index (χ0v) is 16.4. The molecule has 0 saturated heterocycles. The van der Waals surface area contributed by atoms with Gasteiger partial charge in [0.15, 0.2) is 0 Å². The largest absolute Gasteiger partial charge is 0.355 e. The van der Waals surface area contributed by atoms with Crippen molar-refractivity contribution in [2.45, 2.75) is 25.2 Å². The van der Waals surface area contributed by atoms with Crippen LogP contribution in [0.3, 0.4) is 0 Å². The van der Waals surface area contributed by atoms with Crippen LogP contribution >= 0.6 is 22.6 Å². The number of halogens is 1. The van der Waals surface area contributed by atoms with Crippen LogP contribution in [0, 0.1) is 3.57 Å². The summed E-state index contributed by atoms with van der Waals surface area (Å²) in [4.78, 5) is 0. The fraction of sp³-hybridized carbons (Fsp3) is 0.182. The van der Waals surface area contributed by atoms with E-state index in [9.17, 15) is 0 Å². The highest BCUT2D eigenvalue weighted by Crippen LogP contribution is 2.34. The Kier molecular flexibility index (Phi) is 5.89. The maximum atomic E-state index is 6.69. The second kappa shape index (κ2) is 8.13. The van der Waals surface area contributed by atoms with Crippen molar-refractivity contribution in [2.24, 2.45) is 5.73 Å². The van der Waals surface area contributed by atoms with Crippen LogP contribution < -0.4 is 5.73 Å². The van der Waals surface area contributed by atoms with Gasteiger partial charge in [0.25, 0.3) is 0 Å². The molecule has 0 aliphatic heterocycles. The molecular formula is C22H22INO. The van der Waals surface area contributed by atoms with Gasteiger partial charge in [0.1, 0.15) is 5.72 Å². The van der Waals surface area contributed by atoms with Crippen LogP contribution in [-0.4, -0.2) is 5.72 Å². The van der Waals surface area contributed by atoms with E-state index in [1.54, 1.807) is 0 Å². The Morgan fingerprint density at radius 3 is 1.96 bits per heavy atom. The van der Waals surface area contributed by atoms with Crippen LogP contribution in [0.5, 0.6) is 0 Å². The molecule has 3 rings (SSSR count). The van der Waals surface area contributed by atoms with Crippen LogP contribution in [0.25, 0.3) is 0 Å². The number of nitrogens with two attached hydrogens (primary N) is 1. The van der Waals surface area contributed by atoms with Gasteiger partial charge in [0.2, 0.25) is 0 Å². The van der Waals surface area contributed by atoms with E-state index >= 15 is 0 Å². The summed E-state index contributed by atoms with van der Waals surface area (Å²) in [5.74, 6) is -0.0438. The Labute approximate surface area is 163 Å². The maximum absolute atomic E-state index is 6.69. The van der Waals surface area contributed by atoms with Gasteiger partial charge in [-0.15, -0.1) is 0 Å². The Morgan fingerprint density at radius 2 is 1.44 bits per heavy atom. The predicted molar refractivity (Wildman–Crippen MR) is 111 cm³/mol. The number of rotatable bonds is 6. The van der Waals surface area contributed by atoms with Crippen LogP contribution in [0.15, 0.2) is 84.9 Å². The first-order valence-corrected chi connectivity index (χ1v) is 9.41. The molecule has 0 bridgehead atoms. The lowest BCUT2D eigenvalue weighted by molar-refractivity contribution is -0.0501. The SMILES string of the molecule is CC(N)(OCc1cccc(I)c1)C(c1ccccc1)c1ccccc1. The fourth-order valence-corrected chi connectivity index (χ4v) is 3.70. The standard InChI is InChI=1S/C22H22INO/c1-22(24,25-16-17-9-8-14-20(23)15-17)21(18-10-4-2-5-11-18)19-12-6-3-7-13-19/h2-15,21H,16,24H2,1H3. The third-order valence-electron chi connectivity index (χ3n) is 4.28. The maximum Gasteiger partial charge on any atom is 0.125 e. The molecule has 0 aliphatic rings. The average Bonchev–Trinajstić information content (AvgIpc) is 2.62. The van der Waals surface area contributed by atoms with Gasteiger partial charge in [-0.05, 0) is 58.3 Å². The molecular weight excluding hydrogens is 421 g/mol. The highest BCUT2D eigenvalue weighted by molar-refractivity contribution is 14.1. The molecule has 25 heavy (non-hydrogen) atoms. The Hall–Kier alpha value is -1.69. The Morgan fingerprint density at radius 1 is 0.880 bits per heavy atom. The van der Waals surface area contributed by atoms with E-state index in [4.69, 9.17) is 10.5 Å². The number of benzene rings is 3. The van der Waals surface area contributed by atoms with Crippen molar-refractivity contribution >= 4 is 22.6 Å². The van der Waals surface area contributed by atoms with Crippen molar-refractivity contribution in [3.05, 3.63) is 105 Å². The van der Waals surface area contributed by atoms with E-state index in [1.165, 1.54) is 3.57 Å². The molecule has 0 radical (unpaired) electrons. The van der Waals surface area contributed by atoms with Crippen molar-refractivity contribution in [1.82, 2.24) is 0 Å². The molecule has 1 unspecified atom stereocenters. The smallest absolute Gasteiger partial charge is 0.125 e. The summed E-state index contributed by atoms with van der Waals surface area (Å²) < 4.78 is 7.41. The number of ether oxygens (including phenoxy) is 1. The summed E-state index contributed by atoms with van der Waals surface area (Å²) in [5.41, 5.74) is 9.29. The van der Waals surface area contributed by atoms with Crippen LogP contribution in [0.2, 0.25) is 0 Å². The monoisotopic (exact) mass is 443 g/mol. The third kappa shape index (κ3) is 4.69. The highest BCUT2D eigenvalue weighted by Gasteiger charge is 2.33. The first-order valence-electron chi connectivity index (χ1n) is 8.33. The second-order valence-corrected chi connectivity index (χ2v) is 7.60. The lowest BCUT2D eigenvalue weighted by Gasteiger charge is -2.35. The Balaban J connectivity index is 1.89. The topological polar surface area (TPSA) is 35.2 Å². The van der Waals surface area contributed by atoms with Gasteiger partial charge >= 0.3 is 0 Å². The first-order chi connectivity index (χ1) is 12.1. The molecule has 1 atom stereocenters. The minimum Gasteiger partial charge on any atom is -0.355 e. The lowest BCUT2D eigenvalue weighted by atomic mass is 9.83. The summed E-state index contributed by atoms with van der Waals surface area (Å²) in [6.45, 7) is 2.45. The molecule has 0 spiro atoms. The number of hydrogen-bond acceptors (Lipinski definition) is 2. The number of hydrogen-bond donors (Lipinski definition) is 1. The van der Waals surface area contributed by atoms with Gasteiger partial charge in [0, 0.05) is 3.57 Å². The lowest BCUT2D eigenvalue weighted by Crippen LogP contribution is -2.45. The molecule has 2 N–H and O–H groups in total. The molecule has 3 aromatic carbocycles. The van der Waals surface area contributed by atoms with Crippen molar-refractivity contribution < 1.29 is 4.74 Å².